The number of hydrogen-bond acceptors (Lipinski definition) is 4. The third-order valence-electron chi connectivity index (χ3n) is 4.68. The average molecular weight is 367 g/mol. The Morgan fingerprint density at radius 2 is 1.81 bits per heavy atom. The third-order valence-corrected chi connectivity index (χ3v) is 4.68. The second-order valence-corrected chi connectivity index (χ2v) is 6.82. The van der Waals surface area contributed by atoms with Crippen molar-refractivity contribution in [2.75, 3.05) is 27.2 Å². The Morgan fingerprint density at radius 3 is 2.56 bits per heavy atom. The van der Waals surface area contributed by atoms with Crippen LogP contribution in [0.2, 0.25) is 0 Å². The van der Waals surface area contributed by atoms with Crippen LogP contribution in [0.3, 0.4) is 0 Å². The molecule has 3 rings (SSSR count). The van der Waals surface area contributed by atoms with E-state index in [1.165, 1.54) is 5.56 Å². The van der Waals surface area contributed by atoms with Crippen LogP contribution in [0, 0.1) is 0 Å². The second kappa shape index (κ2) is 8.68. The molecule has 2 aromatic rings. The lowest BCUT2D eigenvalue weighted by Gasteiger charge is -2.25. The molecule has 0 spiro atoms. The Morgan fingerprint density at radius 1 is 1.07 bits per heavy atom. The summed E-state index contributed by atoms with van der Waals surface area (Å²) >= 11 is 0. The molecule has 142 valence electrons. The molecule has 0 aliphatic carbocycles. The molecular weight excluding hydrogens is 342 g/mol. The Balaban J connectivity index is 1.55. The number of carbonyl (C=O) groups excluding carboxylic acids is 2. The summed E-state index contributed by atoms with van der Waals surface area (Å²) in [5.41, 5.74) is 3.23. The summed E-state index contributed by atoms with van der Waals surface area (Å²) in [5, 5.41) is 5.39. The number of nitrogens with zero attached hydrogens (tertiary/aromatic N) is 1. The molecule has 1 atom stereocenters. The molecule has 27 heavy (non-hydrogen) atoms. The molecule has 0 saturated heterocycles. The molecule has 0 aromatic heterocycles. The van der Waals surface area contributed by atoms with Crippen molar-refractivity contribution in [3.05, 3.63) is 65.2 Å². The largest absolute Gasteiger partial charge is 0.493 e. The molecule has 0 bridgehead atoms. The highest BCUT2D eigenvalue weighted by molar-refractivity contribution is 6.35. The predicted octanol–water partition coefficient (Wildman–Crippen LogP) is 1.66. The van der Waals surface area contributed by atoms with Crippen LogP contribution in [-0.4, -0.2) is 44.0 Å². The van der Waals surface area contributed by atoms with E-state index in [0.29, 0.717) is 19.7 Å². The van der Waals surface area contributed by atoms with Crippen molar-refractivity contribution in [2.24, 2.45) is 0 Å². The minimum atomic E-state index is -0.626. The number of ether oxygens (including phenoxy) is 1. The Kier molecular flexibility index (Phi) is 6.08. The van der Waals surface area contributed by atoms with Crippen LogP contribution in [-0.2, 0) is 22.6 Å². The first-order valence-corrected chi connectivity index (χ1v) is 9.06. The van der Waals surface area contributed by atoms with Crippen molar-refractivity contribution in [1.29, 1.82) is 0 Å². The molecule has 0 fully saturated rings. The monoisotopic (exact) mass is 367 g/mol. The van der Waals surface area contributed by atoms with E-state index < -0.39 is 11.8 Å². The van der Waals surface area contributed by atoms with E-state index in [0.717, 1.165) is 23.3 Å². The smallest absolute Gasteiger partial charge is 0.309 e. The van der Waals surface area contributed by atoms with Crippen LogP contribution in [0.4, 0.5) is 0 Å². The average Bonchev–Trinajstić information content (AvgIpc) is 3.14. The zero-order valence-electron chi connectivity index (χ0n) is 15.7. The van der Waals surface area contributed by atoms with Crippen LogP contribution in [0.15, 0.2) is 48.5 Å². The molecule has 0 radical (unpaired) electrons. The first kappa shape index (κ1) is 18.9. The quantitative estimate of drug-likeness (QED) is 0.762. The standard InChI is InChI=1S/C21H25N3O3/c1-24(2)18(16-8-9-19-17(12-16)10-11-27-19)14-23-21(26)20(25)22-13-15-6-4-3-5-7-15/h3-9,12,18H,10-11,13-14H2,1-2H3,(H,22,25)(H,23,26). The lowest BCUT2D eigenvalue weighted by Crippen LogP contribution is -2.42. The summed E-state index contributed by atoms with van der Waals surface area (Å²) in [6.45, 7) is 1.39. The topological polar surface area (TPSA) is 70.7 Å². The summed E-state index contributed by atoms with van der Waals surface area (Å²) in [5.74, 6) is -0.318. The zero-order chi connectivity index (χ0) is 19.2. The number of benzene rings is 2. The highest BCUT2D eigenvalue weighted by atomic mass is 16.5. The number of fused-ring (bicyclic) bond motifs is 1. The third kappa shape index (κ3) is 4.86. The van der Waals surface area contributed by atoms with Gasteiger partial charge >= 0.3 is 11.8 Å². The van der Waals surface area contributed by atoms with Gasteiger partial charge in [0.25, 0.3) is 0 Å². The summed E-state index contributed by atoms with van der Waals surface area (Å²) in [6.07, 6.45) is 0.900. The van der Waals surface area contributed by atoms with E-state index in [1.54, 1.807) is 0 Å². The fourth-order valence-electron chi connectivity index (χ4n) is 3.14. The van der Waals surface area contributed by atoms with Crippen LogP contribution in [0.1, 0.15) is 22.7 Å². The lowest BCUT2D eigenvalue weighted by atomic mass is 10.0. The maximum Gasteiger partial charge on any atom is 0.309 e. The number of amides is 2. The highest BCUT2D eigenvalue weighted by Crippen LogP contribution is 2.29. The molecule has 0 saturated carbocycles. The molecule has 1 unspecified atom stereocenters. The minimum Gasteiger partial charge on any atom is -0.493 e. The maximum atomic E-state index is 12.1. The van der Waals surface area contributed by atoms with E-state index in [-0.39, 0.29) is 6.04 Å². The number of hydrogen-bond donors (Lipinski definition) is 2. The first-order valence-electron chi connectivity index (χ1n) is 9.06. The van der Waals surface area contributed by atoms with Gasteiger partial charge < -0.3 is 20.3 Å². The van der Waals surface area contributed by atoms with Crippen LogP contribution in [0.5, 0.6) is 5.75 Å². The summed E-state index contributed by atoms with van der Waals surface area (Å²) < 4.78 is 5.55. The first-order chi connectivity index (χ1) is 13.0. The molecule has 2 N–H and O–H groups in total. The van der Waals surface area contributed by atoms with Crippen molar-refractivity contribution in [3.63, 3.8) is 0 Å². The highest BCUT2D eigenvalue weighted by Gasteiger charge is 2.21. The predicted molar refractivity (Wildman–Crippen MR) is 103 cm³/mol. The molecule has 6 nitrogen and oxygen atoms in total. The molecule has 1 heterocycles. The summed E-state index contributed by atoms with van der Waals surface area (Å²) in [4.78, 5) is 26.2. The molecule has 1 aliphatic heterocycles. The van der Waals surface area contributed by atoms with Gasteiger partial charge in [0.1, 0.15) is 5.75 Å². The van der Waals surface area contributed by atoms with Gasteiger partial charge in [0.2, 0.25) is 0 Å². The Labute approximate surface area is 159 Å². The second-order valence-electron chi connectivity index (χ2n) is 6.82. The molecule has 2 amide bonds. The van der Waals surface area contributed by atoms with E-state index in [1.807, 2.05) is 61.5 Å². The normalized spacial score (nSPS) is 13.6. The molecule has 2 aromatic carbocycles. The van der Waals surface area contributed by atoms with Gasteiger partial charge in [0.05, 0.1) is 12.6 Å². The van der Waals surface area contributed by atoms with Gasteiger partial charge in [-0.3, -0.25) is 9.59 Å². The van der Waals surface area contributed by atoms with Crippen LogP contribution < -0.4 is 15.4 Å². The SMILES string of the molecule is CN(C)C(CNC(=O)C(=O)NCc1ccccc1)c1ccc2c(c1)CCO2. The van der Waals surface area contributed by atoms with Gasteiger partial charge in [0.15, 0.2) is 0 Å². The number of rotatable bonds is 6. The fraction of sp³-hybridized carbons (Fsp3) is 0.333. The zero-order valence-corrected chi connectivity index (χ0v) is 15.7. The van der Waals surface area contributed by atoms with E-state index in [4.69, 9.17) is 4.74 Å². The van der Waals surface area contributed by atoms with Gasteiger partial charge in [-0.1, -0.05) is 42.5 Å². The summed E-state index contributed by atoms with van der Waals surface area (Å²) in [7, 11) is 3.91. The Bertz CT molecular complexity index is 806. The van der Waals surface area contributed by atoms with Crippen molar-refractivity contribution in [3.8, 4) is 5.75 Å². The van der Waals surface area contributed by atoms with Crippen LogP contribution in [0.25, 0.3) is 0 Å². The number of carbonyl (C=O) groups is 2. The summed E-state index contributed by atoms with van der Waals surface area (Å²) in [6, 6.07) is 15.6. The minimum absolute atomic E-state index is 0.0261. The number of nitrogens with one attached hydrogen (secondary N) is 2. The van der Waals surface area contributed by atoms with Gasteiger partial charge in [0, 0.05) is 19.5 Å². The van der Waals surface area contributed by atoms with Crippen molar-refractivity contribution in [2.45, 2.75) is 19.0 Å². The Hall–Kier alpha value is -2.86. The van der Waals surface area contributed by atoms with Crippen molar-refractivity contribution in [1.82, 2.24) is 15.5 Å². The van der Waals surface area contributed by atoms with E-state index in [9.17, 15) is 9.59 Å². The molecule has 6 heteroatoms. The van der Waals surface area contributed by atoms with E-state index >= 15 is 0 Å². The van der Waals surface area contributed by atoms with E-state index in [2.05, 4.69) is 16.7 Å². The molecule has 1 aliphatic rings. The van der Waals surface area contributed by atoms with Crippen molar-refractivity contribution >= 4 is 11.8 Å². The molecular formula is C21H25N3O3. The lowest BCUT2D eigenvalue weighted by molar-refractivity contribution is -0.139. The van der Waals surface area contributed by atoms with Crippen molar-refractivity contribution < 1.29 is 14.3 Å². The van der Waals surface area contributed by atoms with Crippen LogP contribution >= 0.6 is 0 Å². The van der Waals surface area contributed by atoms with Gasteiger partial charge in [-0.25, -0.2) is 0 Å². The van der Waals surface area contributed by atoms with Gasteiger partial charge in [-0.05, 0) is 36.9 Å². The maximum absolute atomic E-state index is 12.1. The van der Waals surface area contributed by atoms with Gasteiger partial charge in [-0.2, -0.15) is 0 Å². The van der Waals surface area contributed by atoms with Gasteiger partial charge in [-0.15, -0.1) is 0 Å². The number of likely N-dealkylation sites (N-methyl/N-ethyl adjacent to an activating group) is 1. The fourth-order valence-corrected chi connectivity index (χ4v) is 3.14.